The fourth-order valence-electron chi connectivity index (χ4n) is 1.47. The van der Waals surface area contributed by atoms with Crippen molar-refractivity contribution in [2.45, 2.75) is 52.1 Å². The van der Waals surface area contributed by atoms with Crippen LogP contribution in [-0.4, -0.2) is 17.9 Å². The highest BCUT2D eigenvalue weighted by Gasteiger charge is 2.08. The number of aliphatic hydroxyl groups excluding tert-OH is 1. The molecule has 0 saturated carbocycles. The van der Waals surface area contributed by atoms with Crippen LogP contribution in [0.4, 0.5) is 4.39 Å². The number of hydrogen-bond acceptors (Lipinski definition) is 1. The highest BCUT2D eigenvalue weighted by molar-refractivity contribution is 4.61. The monoisotopic (exact) mass is 176 g/mol. The van der Waals surface area contributed by atoms with Crippen LogP contribution in [0.1, 0.15) is 46.0 Å². The van der Waals surface area contributed by atoms with Crippen molar-refractivity contribution >= 4 is 0 Å². The van der Waals surface area contributed by atoms with Gasteiger partial charge in [-0.1, -0.05) is 33.1 Å². The predicted octanol–water partition coefficient (Wildman–Crippen LogP) is 2.92. The van der Waals surface area contributed by atoms with Crippen LogP contribution >= 0.6 is 0 Å². The summed E-state index contributed by atoms with van der Waals surface area (Å²) in [5.74, 6) is 0.677. The molecule has 0 aromatic carbocycles. The third-order valence-corrected chi connectivity index (χ3v) is 2.36. The first kappa shape index (κ1) is 11.9. The minimum Gasteiger partial charge on any atom is -0.390 e. The van der Waals surface area contributed by atoms with Gasteiger partial charge in [-0.15, -0.1) is 0 Å². The SMILES string of the molecule is CCCC(CC)CC[C@H](O)CF. The number of aliphatic hydroxyl groups is 1. The van der Waals surface area contributed by atoms with Crippen LogP contribution in [-0.2, 0) is 0 Å². The Labute approximate surface area is 75.0 Å². The Morgan fingerprint density at radius 1 is 1.17 bits per heavy atom. The van der Waals surface area contributed by atoms with E-state index in [0.717, 1.165) is 12.8 Å². The van der Waals surface area contributed by atoms with Crippen molar-refractivity contribution < 1.29 is 9.50 Å². The van der Waals surface area contributed by atoms with E-state index in [1.54, 1.807) is 0 Å². The van der Waals surface area contributed by atoms with Crippen molar-refractivity contribution in [2.24, 2.45) is 5.92 Å². The molecule has 1 unspecified atom stereocenters. The van der Waals surface area contributed by atoms with Crippen LogP contribution in [0.15, 0.2) is 0 Å². The summed E-state index contributed by atoms with van der Waals surface area (Å²) >= 11 is 0. The van der Waals surface area contributed by atoms with Gasteiger partial charge in [0.15, 0.2) is 0 Å². The molecule has 0 rings (SSSR count). The fourth-order valence-corrected chi connectivity index (χ4v) is 1.47. The molecule has 2 atom stereocenters. The first-order chi connectivity index (χ1) is 5.74. The van der Waals surface area contributed by atoms with Crippen molar-refractivity contribution in [1.29, 1.82) is 0 Å². The normalized spacial score (nSPS) is 16.0. The molecule has 74 valence electrons. The first-order valence-electron chi connectivity index (χ1n) is 4.98. The van der Waals surface area contributed by atoms with E-state index >= 15 is 0 Å². The van der Waals surface area contributed by atoms with Gasteiger partial charge in [0.2, 0.25) is 0 Å². The second-order valence-corrected chi connectivity index (χ2v) is 3.45. The molecule has 0 aliphatic heterocycles. The Bertz CT molecular complexity index is 95.8. The lowest BCUT2D eigenvalue weighted by atomic mass is 9.94. The van der Waals surface area contributed by atoms with Crippen molar-refractivity contribution in [3.05, 3.63) is 0 Å². The molecule has 2 heteroatoms. The largest absolute Gasteiger partial charge is 0.390 e. The Balaban J connectivity index is 3.43. The van der Waals surface area contributed by atoms with E-state index in [1.807, 2.05) is 0 Å². The van der Waals surface area contributed by atoms with Gasteiger partial charge in [-0.25, -0.2) is 4.39 Å². The molecular formula is C10H21FO. The minimum atomic E-state index is -0.726. The molecule has 0 aromatic heterocycles. The van der Waals surface area contributed by atoms with Crippen LogP contribution in [0.25, 0.3) is 0 Å². The topological polar surface area (TPSA) is 20.2 Å². The summed E-state index contributed by atoms with van der Waals surface area (Å²) in [7, 11) is 0. The van der Waals surface area contributed by atoms with Crippen LogP contribution in [0.5, 0.6) is 0 Å². The van der Waals surface area contributed by atoms with Crippen molar-refractivity contribution in [1.82, 2.24) is 0 Å². The zero-order valence-corrected chi connectivity index (χ0v) is 8.22. The molecule has 0 bridgehead atoms. The third-order valence-electron chi connectivity index (χ3n) is 2.36. The maximum Gasteiger partial charge on any atom is 0.115 e. The number of hydrogen-bond donors (Lipinski definition) is 1. The average Bonchev–Trinajstić information content (AvgIpc) is 2.11. The van der Waals surface area contributed by atoms with E-state index in [2.05, 4.69) is 13.8 Å². The van der Waals surface area contributed by atoms with E-state index in [1.165, 1.54) is 12.8 Å². The molecule has 0 aliphatic carbocycles. The van der Waals surface area contributed by atoms with E-state index in [9.17, 15) is 4.39 Å². The standard InChI is InChI=1S/C10H21FO/c1-3-5-9(4-2)6-7-10(12)8-11/h9-10,12H,3-8H2,1-2H3/t9?,10-/m0/s1. The lowest BCUT2D eigenvalue weighted by Gasteiger charge is -2.14. The fraction of sp³-hybridized carbons (Fsp3) is 1.00. The van der Waals surface area contributed by atoms with Gasteiger partial charge in [0, 0.05) is 0 Å². The quantitative estimate of drug-likeness (QED) is 0.632. The van der Waals surface area contributed by atoms with Crippen LogP contribution in [0.2, 0.25) is 0 Å². The summed E-state index contributed by atoms with van der Waals surface area (Å²) < 4.78 is 11.9. The molecular weight excluding hydrogens is 155 g/mol. The second kappa shape index (κ2) is 7.53. The predicted molar refractivity (Wildman–Crippen MR) is 49.9 cm³/mol. The highest BCUT2D eigenvalue weighted by Crippen LogP contribution is 2.18. The van der Waals surface area contributed by atoms with Gasteiger partial charge in [-0.3, -0.25) is 0 Å². The van der Waals surface area contributed by atoms with Crippen LogP contribution in [0.3, 0.4) is 0 Å². The minimum absolute atomic E-state index is 0.595. The lowest BCUT2D eigenvalue weighted by Crippen LogP contribution is -2.11. The maximum atomic E-state index is 11.9. The Morgan fingerprint density at radius 2 is 1.83 bits per heavy atom. The lowest BCUT2D eigenvalue weighted by molar-refractivity contribution is 0.122. The molecule has 1 N–H and O–H groups in total. The van der Waals surface area contributed by atoms with Gasteiger partial charge in [0.05, 0.1) is 6.10 Å². The summed E-state index contributed by atoms with van der Waals surface area (Å²) in [5, 5.41) is 9.00. The Morgan fingerprint density at radius 3 is 2.25 bits per heavy atom. The van der Waals surface area contributed by atoms with E-state index < -0.39 is 12.8 Å². The molecule has 0 saturated heterocycles. The molecule has 0 spiro atoms. The molecule has 12 heavy (non-hydrogen) atoms. The Hall–Kier alpha value is -0.110. The van der Waals surface area contributed by atoms with Crippen molar-refractivity contribution in [3.63, 3.8) is 0 Å². The van der Waals surface area contributed by atoms with Crippen LogP contribution in [0, 0.1) is 5.92 Å². The number of alkyl halides is 1. The van der Waals surface area contributed by atoms with Gasteiger partial charge in [-0.05, 0) is 18.8 Å². The summed E-state index contributed by atoms with van der Waals surface area (Å²) in [4.78, 5) is 0. The van der Waals surface area contributed by atoms with E-state index in [4.69, 9.17) is 5.11 Å². The van der Waals surface area contributed by atoms with Gasteiger partial charge in [-0.2, -0.15) is 0 Å². The van der Waals surface area contributed by atoms with E-state index in [-0.39, 0.29) is 0 Å². The third kappa shape index (κ3) is 5.53. The number of halogens is 1. The van der Waals surface area contributed by atoms with E-state index in [0.29, 0.717) is 12.3 Å². The van der Waals surface area contributed by atoms with Gasteiger partial charge in [0.1, 0.15) is 6.67 Å². The summed E-state index contributed by atoms with van der Waals surface area (Å²) in [6, 6.07) is 0. The van der Waals surface area contributed by atoms with Gasteiger partial charge in [0.25, 0.3) is 0 Å². The molecule has 0 heterocycles. The van der Waals surface area contributed by atoms with Gasteiger partial charge >= 0.3 is 0 Å². The van der Waals surface area contributed by atoms with Crippen molar-refractivity contribution in [3.8, 4) is 0 Å². The Kier molecular flexibility index (Phi) is 7.47. The maximum absolute atomic E-state index is 11.9. The smallest absolute Gasteiger partial charge is 0.115 e. The second-order valence-electron chi connectivity index (χ2n) is 3.45. The van der Waals surface area contributed by atoms with Crippen molar-refractivity contribution in [2.75, 3.05) is 6.67 Å². The first-order valence-corrected chi connectivity index (χ1v) is 4.98. The molecule has 0 aliphatic rings. The zero-order chi connectivity index (χ0) is 9.40. The molecule has 0 radical (unpaired) electrons. The molecule has 0 amide bonds. The molecule has 0 aromatic rings. The molecule has 0 fully saturated rings. The van der Waals surface area contributed by atoms with Crippen LogP contribution < -0.4 is 0 Å². The zero-order valence-electron chi connectivity index (χ0n) is 8.22. The highest BCUT2D eigenvalue weighted by atomic mass is 19.1. The average molecular weight is 176 g/mol. The van der Waals surface area contributed by atoms with Gasteiger partial charge < -0.3 is 5.11 Å². The molecule has 1 nitrogen and oxygen atoms in total. The summed E-state index contributed by atoms with van der Waals surface area (Å²) in [6.07, 6.45) is 4.40. The number of rotatable bonds is 7. The summed E-state index contributed by atoms with van der Waals surface area (Å²) in [6.45, 7) is 3.72. The summed E-state index contributed by atoms with van der Waals surface area (Å²) in [5.41, 5.74) is 0.